The van der Waals surface area contributed by atoms with Crippen LogP contribution in [0.5, 0.6) is 0 Å². The average Bonchev–Trinajstić information content (AvgIpc) is 3.39. The molecule has 5 nitrogen and oxygen atoms in total. The number of para-hydroxylation sites is 1. The third-order valence-corrected chi connectivity index (χ3v) is 7.34. The molecule has 1 unspecified atom stereocenters. The number of carbonyl (C=O) groups is 1. The van der Waals surface area contributed by atoms with Crippen molar-refractivity contribution < 1.29 is 35.9 Å². The molecule has 3 atom stereocenters. The lowest BCUT2D eigenvalue weighted by molar-refractivity contribution is -0.143. The molecular weight excluding hydrogens is 524 g/mol. The summed E-state index contributed by atoms with van der Waals surface area (Å²) in [5.74, 6) is -0.0248. The van der Waals surface area contributed by atoms with Crippen LogP contribution in [0, 0.1) is 0 Å². The monoisotopic (exact) mass is 557 g/mol. The first-order valence-corrected chi connectivity index (χ1v) is 13.1. The van der Waals surface area contributed by atoms with E-state index in [9.17, 15) is 31.1 Å². The quantitative estimate of drug-likeness (QED) is 0.402. The molecule has 0 bridgehead atoms. The van der Waals surface area contributed by atoms with Gasteiger partial charge in [-0.05, 0) is 81.6 Å². The Bertz CT molecular complexity index is 1070. The predicted octanol–water partition coefficient (Wildman–Crippen LogP) is 6.05. The highest BCUT2D eigenvalue weighted by Crippen LogP contribution is 2.38. The topological polar surface area (TPSA) is 44.8 Å². The molecule has 1 N–H and O–H groups in total. The van der Waals surface area contributed by atoms with E-state index in [0.717, 1.165) is 31.6 Å². The second-order valence-electron chi connectivity index (χ2n) is 10.3. The summed E-state index contributed by atoms with van der Waals surface area (Å²) >= 11 is 0. The lowest BCUT2D eigenvalue weighted by Crippen LogP contribution is -2.54. The summed E-state index contributed by atoms with van der Waals surface area (Å²) in [5.41, 5.74) is -2.01. The normalized spacial score (nSPS) is 21.7. The minimum atomic E-state index is -4.92. The van der Waals surface area contributed by atoms with Crippen LogP contribution < -0.4 is 10.2 Å². The van der Waals surface area contributed by atoms with E-state index in [-0.39, 0.29) is 36.2 Å². The summed E-state index contributed by atoms with van der Waals surface area (Å²) in [7, 11) is 0. The van der Waals surface area contributed by atoms with Crippen molar-refractivity contribution in [2.75, 3.05) is 37.7 Å². The molecule has 2 aliphatic heterocycles. The zero-order chi connectivity index (χ0) is 28.2. The van der Waals surface area contributed by atoms with E-state index >= 15 is 0 Å². The van der Waals surface area contributed by atoms with E-state index in [4.69, 9.17) is 4.74 Å². The molecule has 2 heterocycles. The number of ether oxygens (including phenoxy) is 1. The third-order valence-electron chi connectivity index (χ3n) is 7.34. The fourth-order valence-electron chi connectivity index (χ4n) is 5.24. The third kappa shape index (κ3) is 7.88. The van der Waals surface area contributed by atoms with Crippen molar-refractivity contribution in [3.63, 3.8) is 0 Å². The summed E-state index contributed by atoms with van der Waals surface area (Å²) in [6.45, 7) is 4.27. The fourth-order valence-corrected chi connectivity index (χ4v) is 5.24. The van der Waals surface area contributed by atoms with Crippen molar-refractivity contribution in [2.45, 2.75) is 63.1 Å². The van der Waals surface area contributed by atoms with Crippen LogP contribution in [0.25, 0.3) is 0 Å². The number of alkyl halides is 6. The highest BCUT2D eigenvalue weighted by Gasteiger charge is 2.38. The van der Waals surface area contributed by atoms with Crippen LogP contribution in [0.1, 0.15) is 55.4 Å². The molecule has 1 amide bonds. The number of likely N-dealkylation sites (tertiary alicyclic amines) is 1. The molecule has 2 fully saturated rings. The van der Waals surface area contributed by atoms with Crippen LogP contribution in [0.2, 0.25) is 0 Å². The van der Waals surface area contributed by atoms with E-state index in [1.165, 1.54) is 6.92 Å². The second-order valence-corrected chi connectivity index (χ2v) is 10.3. The number of rotatable bonds is 8. The first kappa shape index (κ1) is 29.2. The molecule has 0 spiro atoms. The minimum absolute atomic E-state index is 0.0248. The summed E-state index contributed by atoms with van der Waals surface area (Å²) in [6, 6.07) is 10.8. The van der Waals surface area contributed by atoms with Gasteiger partial charge in [0.2, 0.25) is 5.91 Å². The van der Waals surface area contributed by atoms with Gasteiger partial charge in [-0.3, -0.25) is 9.69 Å². The molecule has 11 heteroatoms. The molecule has 0 aliphatic carbocycles. The molecule has 2 aromatic carbocycles. The molecule has 2 aliphatic rings. The van der Waals surface area contributed by atoms with Crippen LogP contribution in [0.15, 0.2) is 48.5 Å². The number of carbonyl (C=O) groups excluding carboxylic acids is 1. The maximum atomic E-state index is 13.3. The van der Waals surface area contributed by atoms with Crippen LogP contribution >= 0.6 is 0 Å². The van der Waals surface area contributed by atoms with Crippen molar-refractivity contribution in [3.05, 3.63) is 65.2 Å². The standard InChI is InChI=1S/C28H33F6N3O2/c1-19(20-13-21(27(29,30)31)15-22(14-20)28(32,33)34)39-18-25-10-9-23(16-37(25)24-7-3-2-4-8-24)35-26(38)17-36-11-5-6-12-36/h2-4,7-8,13-15,19,23,25H,5-6,9-12,16-18H2,1H3,(H,35,38)/t19?,23-,25+/m0/s1. The maximum Gasteiger partial charge on any atom is 0.416 e. The van der Waals surface area contributed by atoms with Gasteiger partial charge in [-0.1, -0.05) is 18.2 Å². The first-order valence-electron chi connectivity index (χ1n) is 13.1. The summed E-state index contributed by atoms with van der Waals surface area (Å²) < 4.78 is 85.7. The first-order chi connectivity index (χ1) is 18.4. The van der Waals surface area contributed by atoms with Gasteiger partial charge in [0.15, 0.2) is 0 Å². The number of amides is 1. The average molecular weight is 558 g/mol. The van der Waals surface area contributed by atoms with E-state index in [2.05, 4.69) is 15.1 Å². The highest BCUT2D eigenvalue weighted by molar-refractivity contribution is 5.78. The van der Waals surface area contributed by atoms with Gasteiger partial charge < -0.3 is 15.0 Å². The number of halogens is 6. The maximum absolute atomic E-state index is 13.3. The van der Waals surface area contributed by atoms with E-state index in [1.54, 1.807) is 0 Å². The summed E-state index contributed by atoms with van der Waals surface area (Å²) in [5, 5.41) is 3.12. The Kier molecular flexibility index (Phi) is 9.10. The van der Waals surface area contributed by atoms with E-state index in [0.29, 0.717) is 38.1 Å². The number of hydrogen-bond donors (Lipinski definition) is 1. The van der Waals surface area contributed by atoms with Gasteiger partial charge in [-0.25, -0.2) is 0 Å². The Morgan fingerprint density at radius 2 is 1.59 bits per heavy atom. The minimum Gasteiger partial charge on any atom is -0.372 e. The summed E-state index contributed by atoms with van der Waals surface area (Å²) in [6.07, 6.45) is -7.34. The number of piperidine rings is 1. The van der Waals surface area contributed by atoms with Gasteiger partial charge in [-0.15, -0.1) is 0 Å². The molecule has 0 radical (unpaired) electrons. The molecular formula is C28H33F6N3O2. The number of anilines is 1. The van der Waals surface area contributed by atoms with Crippen LogP contribution in [-0.4, -0.2) is 55.7 Å². The number of nitrogens with zero attached hydrogens (tertiary/aromatic N) is 2. The van der Waals surface area contributed by atoms with Crippen molar-refractivity contribution in [3.8, 4) is 0 Å². The fraction of sp³-hybridized carbons (Fsp3) is 0.536. The summed E-state index contributed by atoms with van der Waals surface area (Å²) in [4.78, 5) is 16.8. The van der Waals surface area contributed by atoms with Crippen LogP contribution in [0.3, 0.4) is 0 Å². The Morgan fingerprint density at radius 3 is 2.18 bits per heavy atom. The number of nitrogens with one attached hydrogen (secondary N) is 1. The van der Waals surface area contributed by atoms with Crippen molar-refractivity contribution in [2.24, 2.45) is 0 Å². The Hall–Kier alpha value is -2.79. The molecule has 0 saturated carbocycles. The van der Waals surface area contributed by atoms with Gasteiger partial charge in [0.25, 0.3) is 0 Å². The second kappa shape index (κ2) is 12.2. The van der Waals surface area contributed by atoms with Crippen LogP contribution in [0.4, 0.5) is 32.0 Å². The van der Waals surface area contributed by atoms with Crippen molar-refractivity contribution >= 4 is 11.6 Å². The van der Waals surface area contributed by atoms with Gasteiger partial charge in [0, 0.05) is 18.3 Å². The molecule has 214 valence electrons. The Labute approximate surface area is 224 Å². The smallest absolute Gasteiger partial charge is 0.372 e. The molecule has 0 aromatic heterocycles. The van der Waals surface area contributed by atoms with Crippen molar-refractivity contribution in [1.29, 1.82) is 0 Å². The lowest BCUT2D eigenvalue weighted by atomic mass is 9.97. The van der Waals surface area contributed by atoms with Gasteiger partial charge in [-0.2, -0.15) is 26.3 Å². The molecule has 4 rings (SSSR count). The molecule has 39 heavy (non-hydrogen) atoms. The predicted molar refractivity (Wildman–Crippen MR) is 135 cm³/mol. The molecule has 2 saturated heterocycles. The van der Waals surface area contributed by atoms with Crippen LogP contribution in [-0.2, 0) is 21.9 Å². The zero-order valence-electron chi connectivity index (χ0n) is 21.7. The number of hydrogen-bond acceptors (Lipinski definition) is 4. The number of benzene rings is 2. The van der Waals surface area contributed by atoms with Gasteiger partial charge in [0.1, 0.15) is 0 Å². The SMILES string of the molecule is CC(OC[C@H]1CC[C@H](NC(=O)CN2CCCC2)CN1c1ccccc1)c1cc(C(F)(F)F)cc(C(F)(F)F)c1. The Morgan fingerprint density at radius 1 is 0.974 bits per heavy atom. The largest absolute Gasteiger partial charge is 0.416 e. The van der Waals surface area contributed by atoms with Gasteiger partial charge >= 0.3 is 12.4 Å². The lowest BCUT2D eigenvalue weighted by Gasteiger charge is -2.42. The molecule has 2 aromatic rings. The van der Waals surface area contributed by atoms with E-state index < -0.39 is 29.6 Å². The van der Waals surface area contributed by atoms with Gasteiger partial charge in [0.05, 0.1) is 36.4 Å². The van der Waals surface area contributed by atoms with Crippen molar-refractivity contribution in [1.82, 2.24) is 10.2 Å². The Balaban J connectivity index is 1.44. The zero-order valence-corrected chi connectivity index (χ0v) is 21.7. The highest BCUT2D eigenvalue weighted by atomic mass is 19.4. The van der Waals surface area contributed by atoms with E-state index in [1.807, 2.05) is 30.3 Å².